The molecule has 7 heteroatoms. The summed E-state index contributed by atoms with van der Waals surface area (Å²) in [5.74, 6) is 1.34. The van der Waals surface area contributed by atoms with Gasteiger partial charge in [0.15, 0.2) is 0 Å². The first-order valence-electron chi connectivity index (χ1n) is 8.89. The lowest BCUT2D eigenvalue weighted by molar-refractivity contribution is -0.0548. The zero-order valence-corrected chi connectivity index (χ0v) is 15.2. The van der Waals surface area contributed by atoms with Crippen molar-refractivity contribution < 1.29 is 14.2 Å². The van der Waals surface area contributed by atoms with E-state index < -0.39 is 0 Å². The van der Waals surface area contributed by atoms with Gasteiger partial charge in [-0.25, -0.2) is 0 Å². The molecule has 26 heavy (non-hydrogen) atoms. The molecule has 0 spiro atoms. The lowest BCUT2D eigenvalue weighted by atomic mass is 10.0. The highest BCUT2D eigenvalue weighted by atomic mass is 16.5. The lowest BCUT2D eigenvalue weighted by Gasteiger charge is -2.48. The van der Waals surface area contributed by atoms with Gasteiger partial charge in [0, 0.05) is 25.7 Å². The van der Waals surface area contributed by atoms with Crippen LogP contribution in [0.1, 0.15) is 11.6 Å². The van der Waals surface area contributed by atoms with Crippen molar-refractivity contribution in [2.45, 2.75) is 12.1 Å². The molecule has 2 aliphatic heterocycles. The summed E-state index contributed by atoms with van der Waals surface area (Å²) < 4.78 is 16.4. The van der Waals surface area contributed by atoms with Crippen LogP contribution in [0.5, 0.6) is 11.9 Å². The average molecular weight is 356 g/mol. The quantitative estimate of drug-likeness (QED) is 0.827. The average Bonchev–Trinajstić information content (AvgIpc) is 2.73. The van der Waals surface area contributed by atoms with Gasteiger partial charge >= 0.3 is 6.01 Å². The number of ether oxygens (including phenoxy) is 3. The summed E-state index contributed by atoms with van der Waals surface area (Å²) in [4.78, 5) is 13.5. The molecule has 0 saturated carbocycles. The summed E-state index contributed by atoms with van der Waals surface area (Å²) in [6, 6.07) is 13.4. The molecular weight excluding hydrogens is 332 g/mol. The highest BCUT2D eigenvalue weighted by molar-refractivity contribution is 5.44. The molecule has 0 aliphatic carbocycles. The van der Waals surface area contributed by atoms with Gasteiger partial charge in [0.25, 0.3) is 0 Å². The summed E-state index contributed by atoms with van der Waals surface area (Å²) in [7, 11) is 3.17. The molecule has 2 fully saturated rings. The normalized spacial score (nSPS) is 23.4. The minimum Gasteiger partial charge on any atom is -0.481 e. The molecule has 0 bridgehead atoms. The van der Waals surface area contributed by atoms with E-state index in [1.54, 1.807) is 14.2 Å². The Morgan fingerprint density at radius 2 is 1.88 bits per heavy atom. The monoisotopic (exact) mass is 356 g/mol. The minimum absolute atomic E-state index is 0.312. The SMILES string of the molecule is COc1cc(N2CCN3[C@@H](COC[C@@H]3c3ccccc3)C2)nc(OC)n1. The number of aromatic nitrogens is 2. The first kappa shape index (κ1) is 17.1. The summed E-state index contributed by atoms with van der Waals surface area (Å²) in [5.41, 5.74) is 1.32. The van der Waals surface area contributed by atoms with Crippen LogP contribution in [0, 0.1) is 0 Å². The van der Waals surface area contributed by atoms with Gasteiger partial charge in [-0.1, -0.05) is 30.3 Å². The molecular formula is C19H24N4O3. The molecule has 0 amide bonds. The third kappa shape index (κ3) is 3.32. The number of nitrogens with zero attached hydrogens (tertiary/aromatic N) is 4. The molecule has 138 valence electrons. The first-order chi connectivity index (χ1) is 12.8. The summed E-state index contributed by atoms with van der Waals surface area (Å²) in [6.45, 7) is 4.19. The van der Waals surface area contributed by atoms with Crippen molar-refractivity contribution in [3.05, 3.63) is 42.0 Å². The van der Waals surface area contributed by atoms with Crippen LogP contribution in [0.3, 0.4) is 0 Å². The van der Waals surface area contributed by atoms with Crippen molar-refractivity contribution in [3.63, 3.8) is 0 Å². The Hall–Kier alpha value is -2.38. The Morgan fingerprint density at radius 1 is 1.04 bits per heavy atom. The number of hydrogen-bond acceptors (Lipinski definition) is 7. The fraction of sp³-hybridized carbons (Fsp3) is 0.474. The van der Waals surface area contributed by atoms with Crippen LogP contribution in [-0.2, 0) is 4.74 Å². The van der Waals surface area contributed by atoms with E-state index in [1.807, 2.05) is 6.07 Å². The number of piperazine rings is 1. The van der Waals surface area contributed by atoms with Crippen LogP contribution in [-0.4, -0.2) is 68.0 Å². The molecule has 7 nitrogen and oxygen atoms in total. The third-order valence-electron chi connectivity index (χ3n) is 5.08. The zero-order valence-electron chi connectivity index (χ0n) is 15.2. The second-order valence-corrected chi connectivity index (χ2v) is 6.56. The number of benzene rings is 1. The van der Waals surface area contributed by atoms with Crippen molar-refractivity contribution >= 4 is 5.82 Å². The van der Waals surface area contributed by atoms with Gasteiger partial charge < -0.3 is 19.1 Å². The number of fused-ring (bicyclic) bond motifs is 1. The van der Waals surface area contributed by atoms with E-state index in [-0.39, 0.29) is 0 Å². The molecule has 2 saturated heterocycles. The van der Waals surface area contributed by atoms with Gasteiger partial charge in [0.2, 0.25) is 5.88 Å². The number of rotatable bonds is 4. The molecule has 0 N–H and O–H groups in total. The Bertz CT molecular complexity index is 721. The van der Waals surface area contributed by atoms with Crippen LogP contribution in [0.4, 0.5) is 5.82 Å². The van der Waals surface area contributed by atoms with E-state index in [4.69, 9.17) is 14.2 Å². The highest BCUT2D eigenvalue weighted by Gasteiger charge is 2.36. The maximum absolute atomic E-state index is 5.93. The molecule has 1 aromatic carbocycles. The Morgan fingerprint density at radius 3 is 2.65 bits per heavy atom. The van der Waals surface area contributed by atoms with E-state index in [2.05, 4.69) is 50.1 Å². The lowest BCUT2D eigenvalue weighted by Crippen LogP contribution is -2.59. The first-order valence-corrected chi connectivity index (χ1v) is 8.89. The minimum atomic E-state index is 0.312. The summed E-state index contributed by atoms with van der Waals surface area (Å²) in [6.07, 6.45) is 0. The van der Waals surface area contributed by atoms with E-state index in [9.17, 15) is 0 Å². The van der Waals surface area contributed by atoms with Crippen LogP contribution < -0.4 is 14.4 Å². The van der Waals surface area contributed by atoms with Gasteiger partial charge in [0.05, 0.1) is 39.5 Å². The topological polar surface area (TPSA) is 60.0 Å². The van der Waals surface area contributed by atoms with E-state index in [0.29, 0.717) is 24.0 Å². The number of methoxy groups -OCH3 is 2. The van der Waals surface area contributed by atoms with Gasteiger partial charge in [0.1, 0.15) is 5.82 Å². The van der Waals surface area contributed by atoms with Gasteiger partial charge in [-0.05, 0) is 5.56 Å². The summed E-state index contributed by atoms with van der Waals surface area (Å²) >= 11 is 0. The van der Waals surface area contributed by atoms with E-state index in [1.165, 1.54) is 5.56 Å². The second-order valence-electron chi connectivity index (χ2n) is 6.56. The number of hydrogen-bond donors (Lipinski definition) is 0. The molecule has 2 aromatic rings. The standard InChI is InChI=1S/C19H24N4O3/c1-24-18-10-17(20-19(21-18)25-2)22-8-9-23-15(11-22)12-26-13-16(23)14-6-4-3-5-7-14/h3-7,10,15-16H,8-9,11-13H2,1-2H3/t15-,16-/m1/s1. The molecule has 0 radical (unpaired) electrons. The van der Waals surface area contributed by atoms with Gasteiger partial charge in [-0.15, -0.1) is 0 Å². The molecule has 1 aromatic heterocycles. The molecule has 2 aliphatic rings. The number of morpholine rings is 1. The predicted molar refractivity (Wildman–Crippen MR) is 97.8 cm³/mol. The number of anilines is 1. The fourth-order valence-electron chi connectivity index (χ4n) is 3.76. The van der Waals surface area contributed by atoms with Crippen LogP contribution in [0.15, 0.2) is 36.4 Å². The van der Waals surface area contributed by atoms with Crippen molar-refractivity contribution in [2.75, 3.05) is 52.0 Å². The Kier molecular flexibility index (Phi) is 4.90. The largest absolute Gasteiger partial charge is 0.481 e. The van der Waals surface area contributed by atoms with Crippen LogP contribution in [0.2, 0.25) is 0 Å². The van der Waals surface area contributed by atoms with Crippen LogP contribution >= 0.6 is 0 Å². The van der Waals surface area contributed by atoms with Gasteiger partial charge in [-0.3, -0.25) is 4.90 Å². The highest BCUT2D eigenvalue weighted by Crippen LogP contribution is 2.31. The van der Waals surface area contributed by atoms with Gasteiger partial charge in [-0.2, -0.15) is 9.97 Å². The third-order valence-corrected chi connectivity index (χ3v) is 5.08. The summed E-state index contributed by atoms with van der Waals surface area (Å²) in [5, 5.41) is 0. The molecule has 2 atom stereocenters. The second kappa shape index (κ2) is 7.47. The van der Waals surface area contributed by atoms with Crippen molar-refractivity contribution in [1.29, 1.82) is 0 Å². The molecule has 3 heterocycles. The maximum atomic E-state index is 5.93. The smallest absolute Gasteiger partial charge is 0.321 e. The molecule has 4 rings (SSSR count). The Labute approximate surface area is 153 Å². The zero-order chi connectivity index (χ0) is 17.9. The van der Waals surface area contributed by atoms with E-state index >= 15 is 0 Å². The maximum Gasteiger partial charge on any atom is 0.321 e. The van der Waals surface area contributed by atoms with Crippen molar-refractivity contribution in [3.8, 4) is 11.9 Å². The van der Waals surface area contributed by atoms with Crippen molar-refractivity contribution in [2.24, 2.45) is 0 Å². The molecule has 0 unspecified atom stereocenters. The van der Waals surface area contributed by atoms with Crippen molar-refractivity contribution in [1.82, 2.24) is 14.9 Å². The van der Waals surface area contributed by atoms with Crippen LogP contribution in [0.25, 0.3) is 0 Å². The predicted octanol–water partition coefficient (Wildman–Crippen LogP) is 1.76. The Balaban J connectivity index is 1.53. The van der Waals surface area contributed by atoms with E-state index in [0.717, 1.165) is 38.7 Å². The fourth-order valence-corrected chi connectivity index (χ4v) is 3.76.